The van der Waals surface area contributed by atoms with Gasteiger partial charge in [-0.3, -0.25) is 4.79 Å². The van der Waals surface area contributed by atoms with E-state index in [2.05, 4.69) is 31.3 Å². The van der Waals surface area contributed by atoms with Gasteiger partial charge in [-0.25, -0.2) is 9.67 Å². The molecule has 0 bridgehead atoms. The van der Waals surface area contributed by atoms with Crippen molar-refractivity contribution in [3.63, 3.8) is 0 Å². The third-order valence-corrected chi connectivity index (χ3v) is 3.35. The molecular weight excluding hydrogens is 324 g/mol. The molecule has 2 heterocycles. The number of hydrogen-bond acceptors (Lipinski definition) is 5. The van der Waals surface area contributed by atoms with Crippen molar-refractivity contribution in [3.8, 4) is 0 Å². The van der Waals surface area contributed by atoms with Gasteiger partial charge in [0.25, 0.3) is 0 Å². The molecule has 2 aromatic rings. The highest BCUT2D eigenvalue weighted by atomic mass is 79.9. The summed E-state index contributed by atoms with van der Waals surface area (Å²) in [4.78, 5) is 16.5. The van der Waals surface area contributed by atoms with Gasteiger partial charge in [0, 0.05) is 10.0 Å². The maximum atomic E-state index is 12.7. The first kappa shape index (κ1) is 12.9. The Labute approximate surface area is 123 Å². The fraction of sp³-hybridized carbons (Fsp3) is 0.154. The molecule has 0 unspecified atom stereocenters. The lowest BCUT2D eigenvalue weighted by Crippen LogP contribution is -2.18. The zero-order valence-corrected chi connectivity index (χ0v) is 12.0. The average Bonchev–Trinajstić information content (AvgIpc) is 3.13. The Kier molecular flexibility index (Phi) is 3.51. The van der Waals surface area contributed by atoms with E-state index in [-0.39, 0.29) is 5.78 Å². The van der Waals surface area contributed by atoms with E-state index >= 15 is 0 Å². The number of hydrogen-bond donors (Lipinski definition) is 1. The van der Waals surface area contributed by atoms with Gasteiger partial charge in [-0.15, -0.1) is 0 Å². The highest BCUT2D eigenvalue weighted by Crippen LogP contribution is 2.19. The van der Waals surface area contributed by atoms with E-state index in [9.17, 15) is 4.79 Å². The number of ether oxygens (including phenoxy) is 1. The first-order chi connectivity index (χ1) is 9.75. The van der Waals surface area contributed by atoms with Crippen LogP contribution in [-0.2, 0) is 4.74 Å². The predicted molar refractivity (Wildman–Crippen MR) is 75.7 cm³/mol. The number of rotatable bonds is 3. The molecule has 1 aromatic carbocycles. The second-order valence-corrected chi connectivity index (χ2v) is 5.04. The molecule has 0 saturated carbocycles. The molecule has 6 nitrogen and oxygen atoms in total. The van der Waals surface area contributed by atoms with Crippen LogP contribution in [0, 0.1) is 0 Å². The van der Waals surface area contributed by atoms with Crippen LogP contribution in [0.4, 0.5) is 0 Å². The van der Waals surface area contributed by atoms with Crippen LogP contribution in [0.1, 0.15) is 10.4 Å². The third kappa shape index (κ3) is 2.44. The minimum Gasteiger partial charge on any atom is -0.476 e. The molecule has 0 amide bonds. The molecular formula is C13H11BrN4O2. The number of carbonyl (C=O) groups is 1. The quantitative estimate of drug-likeness (QED) is 0.683. The van der Waals surface area contributed by atoms with Crippen molar-refractivity contribution in [1.82, 2.24) is 20.1 Å². The Bertz CT molecular complexity index is 642. The Morgan fingerprint density at radius 2 is 2.15 bits per heavy atom. The summed E-state index contributed by atoms with van der Waals surface area (Å²) in [6.45, 7) is 1.20. The lowest BCUT2D eigenvalue weighted by Gasteiger charge is -2.09. The monoisotopic (exact) mass is 334 g/mol. The summed E-state index contributed by atoms with van der Waals surface area (Å²) < 4.78 is 7.79. The van der Waals surface area contributed by atoms with E-state index in [0.717, 1.165) is 4.47 Å². The molecule has 0 radical (unpaired) electrons. The number of allylic oxidation sites excluding steroid dienone is 1. The summed E-state index contributed by atoms with van der Waals surface area (Å²) in [5.74, 6) is 0.260. The molecule has 0 spiro atoms. The fourth-order valence-corrected chi connectivity index (χ4v) is 2.16. The molecule has 1 fully saturated rings. The van der Waals surface area contributed by atoms with Gasteiger partial charge in [0.15, 0.2) is 5.70 Å². The number of benzene rings is 1. The van der Waals surface area contributed by atoms with Crippen LogP contribution in [0.3, 0.4) is 0 Å². The number of ketones is 1. The van der Waals surface area contributed by atoms with E-state index in [1.807, 2.05) is 12.1 Å². The van der Waals surface area contributed by atoms with E-state index in [1.165, 1.54) is 17.3 Å². The van der Waals surface area contributed by atoms with Crippen LogP contribution in [-0.4, -0.2) is 33.7 Å². The van der Waals surface area contributed by atoms with Crippen LogP contribution in [0.2, 0.25) is 0 Å². The van der Waals surface area contributed by atoms with E-state index in [4.69, 9.17) is 4.74 Å². The number of nitrogens with one attached hydrogen (secondary N) is 1. The lowest BCUT2D eigenvalue weighted by molar-refractivity contribution is 0.104. The van der Waals surface area contributed by atoms with Crippen molar-refractivity contribution < 1.29 is 9.53 Å². The largest absolute Gasteiger partial charge is 0.476 e. The molecule has 1 aromatic heterocycles. The van der Waals surface area contributed by atoms with Gasteiger partial charge in [-0.1, -0.05) is 15.9 Å². The standard InChI is InChI=1S/C13H11BrN4O2/c14-10-3-1-9(2-4-10)12(19)11(13-16-5-6-20-13)18-8-15-7-17-18/h1-4,7-8,16H,5-6H2/b13-11+. The van der Waals surface area contributed by atoms with Crippen molar-refractivity contribution in [2.45, 2.75) is 0 Å². The van der Waals surface area contributed by atoms with Crippen LogP contribution < -0.4 is 5.32 Å². The SMILES string of the molecule is O=C(/C(=C1/NCCO1)n1cncn1)c1ccc(Br)cc1. The summed E-state index contributed by atoms with van der Waals surface area (Å²) in [7, 11) is 0. The Morgan fingerprint density at radius 1 is 1.35 bits per heavy atom. The number of Topliss-reactive ketones (excluding diaryl/α,β-unsaturated/α-hetero) is 1. The topological polar surface area (TPSA) is 69.0 Å². The minimum absolute atomic E-state index is 0.174. The second kappa shape index (κ2) is 5.46. The second-order valence-electron chi connectivity index (χ2n) is 4.13. The number of halogens is 1. The van der Waals surface area contributed by atoms with Gasteiger partial charge < -0.3 is 10.1 Å². The zero-order valence-electron chi connectivity index (χ0n) is 10.4. The van der Waals surface area contributed by atoms with Crippen molar-refractivity contribution >= 4 is 27.4 Å². The summed E-state index contributed by atoms with van der Waals surface area (Å²) in [6.07, 6.45) is 2.85. The Balaban J connectivity index is 2.04. The predicted octanol–water partition coefficient (Wildman–Crippen LogP) is 1.67. The molecule has 1 aliphatic rings. The average molecular weight is 335 g/mol. The molecule has 0 aliphatic carbocycles. The van der Waals surface area contributed by atoms with Crippen molar-refractivity contribution in [1.29, 1.82) is 0 Å². The Morgan fingerprint density at radius 3 is 2.75 bits per heavy atom. The van der Waals surface area contributed by atoms with E-state index in [0.29, 0.717) is 30.3 Å². The molecule has 1 aliphatic heterocycles. The maximum Gasteiger partial charge on any atom is 0.217 e. The van der Waals surface area contributed by atoms with Crippen molar-refractivity contribution in [2.24, 2.45) is 0 Å². The normalized spacial score (nSPS) is 16.4. The molecule has 102 valence electrons. The summed E-state index contributed by atoms with van der Waals surface area (Å²) in [5, 5.41) is 7.07. The number of nitrogens with zero attached hydrogens (tertiary/aromatic N) is 3. The van der Waals surface area contributed by atoms with Crippen LogP contribution in [0.25, 0.3) is 5.70 Å². The van der Waals surface area contributed by atoms with Gasteiger partial charge in [0.2, 0.25) is 11.7 Å². The first-order valence-corrected chi connectivity index (χ1v) is 6.81. The Hall–Kier alpha value is -2.15. The first-order valence-electron chi connectivity index (χ1n) is 6.02. The van der Waals surface area contributed by atoms with Crippen molar-refractivity contribution in [3.05, 3.63) is 52.8 Å². The molecule has 20 heavy (non-hydrogen) atoms. The van der Waals surface area contributed by atoms with Crippen molar-refractivity contribution in [2.75, 3.05) is 13.2 Å². The molecule has 0 atom stereocenters. The van der Waals surface area contributed by atoms with Crippen LogP contribution in [0.15, 0.2) is 47.3 Å². The molecule has 3 rings (SSSR count). The maximum absolute atomic E-state index is 12.7. The summed E-state index contributed by atoms with van der Waals surface area (Å²) in [6, 6.07) is 7.14. The third-order valence-electron chi connectivity index (χ3n) is 2.82. The lowest BCUT2D eigenvalue weighted by atomic mass is 10.1. The highest BCUT2D eigenvalue weighted by Gasteiger charge is 2.24. The van der Waals surface area contributed by atoms with Gasteiger partial charge in [-0.2, -0.15) is 5.10 Å². The number of aromatic nitrogens is 3. The van der Waals surface area contributed by atoms with Gasteiger partial charge in [0.05, 0.1) is 6.54 Å². The van der Waals surface area contributed by atoms with E-state index < -0.39 is 0 Å². The molecule has 1 saturated heterocycles. The minimum atomic E-state index is -0.174. The van der Waals surface area contributed by atoms with Crippen LogP contribution >= 0.6 is 15.9 Å². The van der Waals surface area contributed by atoms with Gasteiger partial charge in [0.1, 0.15) is 19.3 Å². The molecule has 7 heteroatoms. The van der Waals surface area contributed by atoms with Gasteiger partial charge in [-0.05, 0) is 24.3 Å². The summed E-state index contributed by atoms with van der Waals surface area (Å²) in [5.41, 5.74) is 0.894. The highest BCUT2D eigenvalue weighted by molar-refractivity contribution is 9.10. The molecule has 1 N–H and O–H groups in total. The fourth-order valence-electron chi connectivity index (χ4n) is 1.89. The number of carbonyl (C=O) groups excluding carboxylic acids is 1. The van der Waals surface area contributed by atoms with E-state index in [1.54, 1.807) is 12.1 Å². The zero-order chi connectivity index (χ0) is 13.9. The summed E-state index contributed by atoms with van der Waals surface area (Å²) >= 11 is 3.35. The van der Waals surface area contributed by atoms with Gasteiger partial charge >= 0.3 is 0 Å². The smallest absolute Gasteiger partial charge is 0.217 e. The van der Waals surface area contributed by atoms with Crippen LogP contribution in [0.5, 0.6) is 0 Å².